The van der Waals surface area contributed by atoms with Crippen molar-refractivity contribution >= 4 is 44.6 Å². The summed E-state index contributed by atoms with van der Waals surface area (Å²) in [6.07, 6.45) is 0.0614. The second-order valence-corrected chi connectivity index (χ2v) is 10.9. The number of benzene rings is 2. The van der Waals surface area contributed by atoms with Crippen molar-refractivity contribution in [3.8, 4) is 28.1 Å². The lowest BCUT2D eigenvalue weighted by molar-refractivity contribution is 0.0853. The molecule has 1 unspecified atom stereocenters. The summed E-state index contributed by atoms with van der Waals surface area (Å²) in [5.41, 5.74) is 4.74. The number of nitrogens with zero attached hydrogens (tertiary/aromatic N) is 5. The number of alkyl halides is 1. The van der Waals surface area contributed by atoms with Crippen molar-refractivity contribution in [2.45, 2.75) is 33.2 Å². The first-order chi connectivity index (χ1) is 19.8. The van der Waals surface area contributed by atoms with Gasteiger partial charge in [-0.15, -0.1) is 11.3 Å². The van der Waals surface area contributed by atoms with Gasteiger partial charge in [-0.05, 0) is 54.8 Å². The molecule has 0 radical (unpaired) electrons. The Hall–Kier alpha value is -4.28. The fourth-order valence-electron chi connectivity index (χ4n) is 5.15. The normalized spacial score (nSPS) is 13.0. The molecule has 6 rings (SSSR count). The molecular weight excluding hydrogens is 563 g/mol. The topological polar surface area (TPSA) is 86.3 Å². The maximum absolute atomic E-state index is 13.9. The molecule has 1 N–H and O–H groups in total. The Morgan fingerprint density at radius 3 is 2.56 bits per heavy atom. The van der Waals surface area contributed by atoms with Crippen molar-refractivity contribution in [3.63, 3.8) is 0 Å². The van der Waals surface area contributed by atoms with Crippen molar-refractivity contribution in [2.75, 3.05) is 12.4 Å². The standard InChI is InChI=1S/C30H26ClFN6O2S/c1-16-12-20(10-11-22(16)40-18(3)32)27-26-28(33-4)34-15-35-29(26)38(36-27)17(2)21-13-24-37(23(31)14-41-24)30(39)25(21)19-8-6-5-7-9-19/h5-15,17-18H,1-4H3,(H,33,34,35)/t17-,18?/m0/s1. The molecule has 8 nitrogen and oxygen atoms in total. The van der Waals surface area contributed by atoms with E-state index in [1.165, 1.54) is 29.0 Å². The molecule has 2 aromatic carbocycles. The van der Waals surface area contributed by atoms with E-state index < -0.39 is 12.4 Å². The maximum Gasteiger partial charge on any atom is 0.265 e. The highest BCUT2D eigenvalue weighted by Gasteiger charge is 2.26. The van der Waals surface area contributed by atoms with Gasteiger partial charge in [-0.1, -0.05) is 41.9 Å². The highest BCUT2D eigenvalue weighted by Crippen LogP contribution is 2.38. The highest BCUT2D eigenvalue weighted by molar-refractivity contribution is 7.16. The van der Waals surface area contributed by atoms with E-state index in [9.17, 15) is 9.18 Å². The van der Waals surface area contributed by atoms with Gasteiger partial charge in [0.05, 0.1) is 17.0 Å². The summed E-state index contributed by atoms with van der Waals surface area (Å²) in [7, 11) is 1.79. The van der Waals surface area contributed by atoms with Crippen LogP contribution >= 0.6 is 22.9 Å². The Labute approximate surface area is 244 Å². The summed E-state index contributed by atoms with van der Waals surface area (Å²) in [5.74, 6) is 1.07. The Morgan fingerprint density at radius 2 is 1.85 bits per heavy atom. The van der Waals surface area contributed by atoms with Crippen molar-refractivity contribution in [1.82, 2.24) is 24.1 Å². The molecule has 6 aromatic rings. The number of halogens is 2. The summed E-state index contributed by atoms with van der Waals surface area (Å²) < 4.78 is 22.2. The molecule has 208 valence electrons. The van der Waals surface area contributed by atoms with Gasteiger partial charge in [0, 0.05) is 24.9 Å². The summed E-state index contributed by atoms with van der Waals surface area (Å²) >= 11 is 7.83. The molecule has 0 spiro atoms. The second kappa shape index (κ2) is 10.6. The number of aryl methyl sites for hydroxylation is 1. The van der Waals surface area contributed by atoms with Crippen molar-refractivity contribution in [3.05, 3.63) is 92.9 Å². The fraction of sp³-hybridized carbons (Fsp3) is 0.200. The van der Waals surface area contributed by atoms with Crippen LogP contribution in [-0.2, 0) is 0 Å². The van der Waals surface area contributed by atoms with Crippen LogP contribution in [0.4, 0.5) is 10.2 Å². The zero-order valence-corrected chi connectivity index (χ0v) is 24.3. The third-order valence-corrected chi connectivity index (χ3v) is 8.33. The Bertz CT molecular complexity index is 1970. The first kappa shape index (κ1) is 26.9. The number of hydrogen-bond donors (Lipinski definition) is 1. The molecule has 0 saturated heterocycles. The predicted octanol–water partition coefficient (Wildman–Crippen LogP) is 7.14. The van der Waals surface area contributed by atoms with Crippen LogP contribution in [0.15, 0.2) is 71.1 Å². The van der Waals surface area contributed by atoms with Gasteiger partial charge in [-0.3, -0.25) is 9.20 Å². The van der Waals surface area contributed by atoms with Crippen LogP contribution in [0.1, 0.15) is 31.0 Å². The fourth-order valence-corrected chi connectivity index (χ4v) is 6.31. The molecule has 0 bridgehead atoms. The van der Waals surface area contributed by atoms with E-state index in [1.807, 2.05) is 67.1 Å². The first-order valence-electron chi connectivity index (χ1n) is 13.0. The van der Waals surface area contributed by atoms with Crippen LogP contribution in [0, 0.1) is 6.92 Å². The predicted molar refractivity (Wildman–Crippen MR) is 162 cm³/mol. The van der Waals surface area contributed by atoms with Gasteiger partial charge in [0.25, 0.3) is 5.56 Å². The molecule has 4 aromatic heterocycles. The zero-order valence-electron chi connectivity index (χ0n) is 22.7. The van der Waals surface area contributed by atoms with Crippen molar-refractivity contribution in [2.24, 2.45) is 0 Å². The lowest BCUT2D eigenvalue weighted by Gasteiger charge is -2.18. The van der Waals surface area contributed by atoms with Gasteiger partial charge < -0.3 is 10.1 Å². The smallest absolute Gasteiger partial charge is 0.265 e. The minimum Gasteiger partial charge on any atom is -0.460 e. The molecular formula is C30H26ClFN6O2S. The number of rotatable bonds is 7. The molecule has 0 aliphatic heterocycles. The van der Waals surface area contributed by atoms with Crippen LogP contribution in [0.25, 0.3) is 38.2 Å². The van der Waals surface area contributed by atoms with Crippen LogP contribution in [0.5, 0.6) is 5.75 Å². The molecule has 0 fully saturated rings. The number of anilines is 1. The van der Waals surface area contributed by atoms with Gasteiger partial charge in [-0.25, -0.2) is 19.0 Å². The highest BCUT2D eigenvalue weighted by atomic mass is 35.5. The molecule has 41 heavy (non-hydrogen) atoms. The zero-order chi connectivity index (χ0) is 28.8. The maximum atomic E-state index is 13.9. The Balaban J connectivity index is 1.59. The summed E-state index contributed by atoms with van der Waals surface area (Å²) in [6.45, 7) is 5.20. The number of ether oxygens (including phenoxy) is 1. The van der Waals surface area contributed by atoms with E-state index in [4.69, 9.17) is 21.4 Å². The lowest BCUT2D eigenvalue weighted by Crippen LogP contribution is -2.20. The van der Waals surface area contributed by atoms with E-state index in [1.54, 1.807) is 18.5 Å². The average molecular weight is 589 g/mol. The monoisotopic (exact) mass is 588 g/mol. The Kier molecular flexibility index (Phi) is 6.96. The van der Waals surface area contributed by atoms with E-state index in [-0.39, 0.29) is 5.56 Å². The second-order valence-electron chi connectivity index (χ2n) is 9.66. The SMILES string of the molecule is CNc1ncnc2c1c(-c1ccc(OC(C)F)c(C)c1)nn2[C@@H](C)c1cc2scc(Cl)n2c(=O)c1-c1ccccc1. The van der Waals surface area contributed by atoms with Crippen molar-refractivity contribution < 1.29 is 9.13 Å². The molecule has 4 heterocycles. The lowest BCUT2D eigenvalue weighted by atomic mass is 9.97. The summed E-state index contributed by atoms with van der Waals surface area (Å²) in [4.78, 5) is 23.7. The van der Waals surface area contributed by atoms with Crippen LogP contribution in [0.2, 0.25) is 5.15 Å². The number of pyridine rings is 1. The van der Waals surface area contributed by atoms with Crippen LogP contribution in [-0.4, -0.2) is 37.6 Å². The average Bonchev–Trinajstić information content (AvgIpc) is 3.55. The van der Waals surface area contributed by atoms with E-state index in [2.05, 4.69) is 15.3 Å². The van der Waals surface area contributed by atoms with Crippen LogP contribution in [0.3, 0.4) is 0 Å². The largest absolute Gasteiger partial charge is 0.460 e. The number of fused-ring (bicyclic) bond motifs is 2. The van der Waals surface area contributed by atoms with Crippen molar-refractivity contribution in [1.29, 1.82) is 0 Å². The molecule has 11 heteroatoms. The third-order valence-electron chi connectivity index (χ3n) is 7.04. The number of nitrogens with one attached hydrogen (secondary N) is 1. The van der Waals surface area contributed by atoms with E-state index in [0.29, 0.717) is 33.6 Å². The minimum atomic E-state index is -1.43. The molecule has 0 aliphatic carbocycles. The number of hydrogen-bond acceptors (Lipinski definition) is 7. The van der Waals surface area contributed by atoms with Gasteiger partial charge in [0.15, 0.2) is 5.65 Å². The number of thiazole rings is 1. The molecule has 0 aliphatic rings. The van der Waals surface area contributed by atoms with Gasteiger partial charge >= 0.3 is 0 Å². The quantitative estimate of drug-likeness (QED) is 0.213. The summed E-state index contributed by atoms with van der Waals surface area (Å²) in [5, 5.41) is 11.1. The van der Waals surface area contributed by atoms with Crippen LogP contribution < -0.4 is 15.6 Å². The Morgan fingerprint density at radius 1 is 1.07 bits per heavy atom. The van der Waals surface area contributed by atoms with E-state index >= 15 is 0 Å². The van der Waals surface area contributed by atoms with Gasteiger partial charge in [-0.2, -0.15) is 5.10 Å². The third kappa shape index (κ3) is 4.62. The van der Waals surface area contributed by atoms with E-state index in [0.717, 1.165) is 32.5 Å². The minimum absolute atomic E-state index is 0.197. The van der Waals surface area contributed by atoms with Gasteiger partial charge in [0.2, 0.25) is 6.36 Å². The number of aromatic nitrogens is 5. The first-order valence-corrected chi connectivity index (χ1v) is 14.2. The van der Waals surface area contributed by atoms with Gasteiger partial charge in [0.1, 0.15) is 33.6 Å². The summed E-state index contributed by atoms with van der Waals surface area (Å²) in [6, 6.07) is 16.6. The molecule has 0 saturated carbocycles. The molecule has 2 atom stereocenters. The molecule has 0 amide bonds.